The molecule has 0 saturated carbocycles. The molecule has 0 heteroatoms. The lowest BCUT2D eigenvalue weighted by Crippen LogP contribution is -2.03. The Kier molecular flexibility index (Phi) is 13.3. The van der Waals surface area contributed by atoms with E-state index < -0.39 is 0 Å². The molecular formula is C24H46. The van der Waals surface area contributed by atoms with Crippen molar-refractivity contribution in [2.75, 3.05) is 0 Å². The van der Waals surface area contributed by atoms with Gasteiger partial charge in [0.15, 0.2) is 0 Å². The standard InChI is InChI=1S/C13H20.C10H22.CH4/c1-9(2)12-7-6-8-13(10(3)4)11(12)5;1-8(2)6-10(5)7-9(3)4;/h6-10H,1-5H3;8-10H,6-7H2,1-5H3;1H4. The second-order valence-corrected chi connectivity index (χ2v) is 8.74. The molecule has 0 spiro atoms. The summed E-state index contributed by atoms with van der Waals surface area (Å²) in [6.45, 7) is 22.8. The van der Waals surface area contributed by atoms with Crippen molar-refractivity contribution in [3.05, 3.63) is 34.9 Å². The normalized spacial score (nSPS) is 11.1. The van der Waals surface area contributed by atoms with E-state index in [1.165, 1.54) is 29.5 Å². The summed E-state index contributed by atoms with van der Waals surface area (Å²) in [5, 5.41) is 0. The SMILES string of the molecule is C.CC(C)CC(C)CC(C)C.Cc1c(C(C)C)cccc1C(C)C. The van der Waals surface area contributed by atoms with Gasteiger partial charge in [0.25, 0.3) is 0 Å². The third-order valence-electron chi connectivity index (χ3n) is 4.41. The van der Waals surface area contributed by atoms with Crippen LogP contribution in [0.25, 0.3) is 0 Å². The first-order chi connectivity index (χ1) is 10.6. The van der Waals surface area contributed by atoms with E-state index in [1.807, 2.05) is 0 Å². The maximum atomic E-state index is 2.36. The second-order valence-electron chi connectivity index (χ2n) is 8.74. The fourth-order valence-corrected chi connectivity index (χ4v) is 3.63. The maximum Gasteiger partial charge on any atom is -0.0216 e. The van der Waals surface area contributed by atoms with E-state index in [1.54, 1.807) is 0 Å². The topological polar surface area (TPSA) is 0 Å². The highest BCUT2D eigenvalue weighted by atomic mass is 14.1. The van der Waals surface area contributed by atoms with Gasteiger partial charge in [-0.05, 0) is 66.0 Å². The highest BCUT2D eigenvalue weighted by molar-refractivity contribution is 5.37. The summed E-state index contributed by atoms with van der Waals surface area (Å²) in [5.41, 5.74) is 4.46. The van der Waals surface area contributed by atoms with Crippen molar-refractivity contribution in [2.24, 2.45) is 17.8 Å². The summed E-state index contributed by atoms with van der Waals surface area (Å²) in [5.74, 6) is 3.93. The smallest absolute Gasteiger partial charge is 0.0216 e. The zero-order valence-electron chi connectivity index (χ0n) is 17.5. The molecule has 0 aliphatic carbocycles. The summed E-state index contributed by atoms with van der Waals surface area (Å²) < 4.78 is 0. The fourth-order valence-electron chi connectivity index (χ4n) is 3.63. The number of rotatable bonds is 6. The van der Waals surface area contributed by atoms with Crippen LogP contribution >= 0.6 is 0 Å². The molecule has 0 aromatic heterocycles. The Balaban J connectivity index is 0. The van der Waals surface area contributed by atoms with Gasteiger partial charge in [0.05, 0.1) is 0 Å². The molecule has 0 heterocycles. The molecule has 0 amide bonds. The Morgan fingerprint density at radius 1 is 0.667 bits per heavy atom. The summed E-state index contributed by atoms with van der Waals surface area (Å²) >= 11 is 0. The zero-order valence-corrected chi connectivity index (χ0v) is 17.5. The van der Waals surface area contributed by atoms with Crippen LogP contribution in [-0.2, 0) is 0 Å². The number of hydrogen-bond acceptors (Lipinski definition) is 0. The van der Waals surface area contributed by atoms with Gasteiger partial charge in [-0.2, -0.15) is 0 Å². The second kappa shape index (κ2) is 12.6. The highest BCUT2D eigenvalue weighted by Crippen LogP contribution is 2.26. The van der Waals surface area contributed by atoms with Crippen LogP contribution in [0.3, 0.4) is 0 Å². The Bertz CT molecular complexity index is 387. The molecule has 24 heavy (non-hydrogen) atoms. The molecule has 1 aromatic rings. The van der Waals surface area contributed by atoms with Gasteiger partial charge >= 0.3 is 0 Å². The average Bonchev–Trinajstić information content (AvgIpc) is 2.36. The molecule has 0 radical (unpaired) electrons. The van der Waals surface area contributed by atoms with Crippen LogP contribution in [0.5, 0.6) is 0 Å². The first-order valence-electron chi connectivity index (χ1n) is 9.65. The van der Waals surface area contributed by atoms with Crippen LogP contribution in [0.2, 0.25) is 0 Å². The van der Waals surface area contributed by atoms with Crippen molar-refractivity contribution in [3.8, 4) is 0 Å². The quantitative estimate of drug-likeness (QED) is 0.488. The fraction of sp³-hybridized carbons (Fsp3) is 0.750. The van der Waals surface area contributed by atoms with E-state index in [0.29, 0.717) is 11.8 Å². The minimum Gasteiger partial charge on any atom is -0.0776 e. The van der Waals surface area contributed by atoms with Crippen LogP contribution in [0, 0.1) is 24.7 Å². The molecule has 0 bridgehead atoms. The molecule has 0 aliphatic rings. The molecule has 1 aromatic carbocycles. The van der Waals surface area contributed by atoms with Crippen LogP contribution in [0.4, 0.5) is 0 Å². The van der Waals surface area contributed by atoms with Gasteiger partial charge in [-0.25, -0.2) is 0 Å². The largest absolute Gasteiger partial charge is 0.0776 e. The predicted molar refractivity (Wildman–Crippen MR) is 114 cm³/mol. The monoisotopic (exact) mass is 334 g/mol. The highest BCUT2D eigenvalue weighted by Gasteiger charge is 2.09. The van der Waals surface area contributed by atoms with Gasteiger partial charge in [0.2, 0.25) is 0 Å². The summed E-state index contributed by atoms with van der Waals surface area (Å²) in [6, 6.07) is 6.66. The van der Waals surface area contributed by atoms with Crippen LogP contribution in [0.15, 0.2) is 18.2 Å². The van der Waals surface area contributed by atoms with Crippen molar-refractivity contribution in [2.45, 2.75) is 101 Å². The number of benzene rings is 1. The molecular weight excluding hydrogens is 288 g/mol. The lowest BCUT2D eigenvalue weighted by atomic mass is 9.90. The van der Waals surface area contributed by atoms with Crippen molar-refractivity contribution in [1.82, 2.24) is 0 Å². The van der Waals surface area contributed by atoms with Crippen LogP contribution in [0.1, 0.15) is 111 Å². The van der Waals surface area contributed by atoms with E-state index in [9.17, 15) is 0 Å². The van der Waals surface area contributed by atoms with Crippen molar-refractivity contribution < 1.29 is 0 Å². The lowest BCUT2D eigenvalue weighted by Gasteiger charge is -2.16. The molecule has 0 atom stereocenters. The van der Waals surface area contributed by atoms with Crippen molar-refractivity contribution >= 4 is 0 Å². The van der Waals surface area contributed by atoms with Gasteiger partial charge in [-0.3, -0.25) is 0 Å². The Labute approximate surface area is 154 Å². The summed E-state index contributed by atoms with van der Waals surface area (Å²) in [4.78, 5) is 0. The van der Waals surface area contributed by atoms with E-state index >= 15 is 0 Å². The summed E-state index contributed by atoms with van der Waals surface area (Å²) in [7, 11) is 0. The van der Waals surface area contributed by atoms with Gasteiger partial charge in [0, 0.05) is 0 Å². The molecule has 0 nitrogen and oxygen atoms in total. The van der Waals surface area contributed by atoms with E-state index in [0.717, 1.165) is 17.8 Å². The Hall–Kier alpha value is -0.780. The maximum absolute atomic E-state index is 2.36. The third-order valence-corrected chi connectivity index (χ3v) is 4.41. The van der Waals surface area contributed by atoms with E-state index in [2.05, 4.69) is 87.4 Å². The zero-order chi connectivity index (χ0) is 18.2. The lowest BCUT2D eigenvalue weighted by molar-refractivity contribution is 0.368. The van der Waals surface area contributed by atoms with E-state index in [-0.39, 0.29) is 7.43 Å². The van der Waals surface area contributed by atoms with Crippen LogP contribution < -0.4 is 0 Å². The van der Waals surface area contributed by atoms with Gasteiger partial charge in [-0.1, -0.05) is 87.9 Å². The molecule has 0 fully saturated rings. The Morgan fingerprint density at radius 3 is 1.25 bits per heavy atom. The third kappa shape index (κ3) is 10.2. The molecule has 0 aliphatic heterocycles. The molecule has 142 valence electrons. The van der Waals surface area contributed by atoms with Crippen LogP contribution in [-0.4, -0.2) is 0 Å². The Morgan fingerprint density at radius 2 is 1.00 bits per heavy atom. The van der Waals surface area contributed by atoms with Crippen molar-refractivity contribution in [3.63, 3.8) is 0 Å². The van der Waals surface area contributed by atoms with Gasteiger partial charge in [-0.15, -0.1) is 0 Å². The predicted octanol–water partition coefficient (Wildman–Crippen LogP) is 8.59. The van der Waals surface area contributed by atoms with Gasteiger partial charge < -0.3 is 0 Å². The molecule has 0 N–H and O–H groups in total. The summed E-state index contributed by atoms with van der Waals surface area (Å²) in [6.07, 6.45) is 2.77. The minimum absolute atomic E-state index is 0. The molecule has 0 saturated heterocycles. The first kappa shape index (κ1) is 25.5. The number of hydrogen-bond donors (Lipinski definition) is 0. The molecule has 0 unspecified atom stereocenters. The molecule has 1 rings (SSSR count). The van der Waals surface area contributed by atoms with Crippen molar-refractivity contribution in [1.29, 1.82) is 0 Å². The minimum atomic E-state index is 0. The van der Waals surface area contributed by atoms with Gasteiger partial charge in [0.1, 0.15) is 0 Å². The average molecular weight is 335 g/mol. The first-order valence-corrected chi connectivity index (χ1v) is 9.65. The van der Waals surface area contributed by atoms with E-state index in [4.69, 9.17) is 0 Å².